The number of amides is 2. The van der Waals surface area contributed by atoms with Gasteiger partial charge in [-0.15, -0.1) is 0 Å². The van der Waals surface area contributed by atoms with E-state index in [4.69, 9.17) is 4.98 Å². The highest BCUT2D eigenvalue weighted by atomic mass is 16.2. The number of aromatic nitrogens is 4. The lowest BCUT2D eigenvalue weighted by Gasteiger charge is -2.40. The van der Waals surface area contributed by atoms with Crippen LogP contribution in [0.4, 0.5) is 33.8 Å². The molecule has 0 aliphatic carbocycles. The molecule has 3 aliphatic rings. The second-order valence-electron chi connectivity index (χ2n) is 9.78. The third kappa shape index (κ3) is 3.98. The second kappa shape index (κ2) is 8.98. The molecule has 1 saturated heterocycles. The molecule has 188 valence electrons. The fourth-order valence-corrected chi connectivity index (χ4v) is 5.31. The topological polar surface area (TPSA) is 97.7 Å². The SMILES string of the molecule is CN1CCN(c2ccc(Nc3ncc4c(n3)N(C)C(=O)N(C3CCNc5c3cnn5C)C4)cc2)CC1. The quantitative estimate of drug-likeness (QED) is 0.579. The van der Waals surface area contributed by atoms with Gasteiger partial charge >= 0.3 is 6.03 Å². The minimum absolute atomic E-state index is 0.0327. The normalized spacial score (nSPS) is 20.1. The number of rotatable bonds is 4. The first-order valence-electron chi connectivity index (χ1n) is 12.4. The Balaban J connectivity index is 1.18. The average Bonchev–Trinajstić information content (AvgIpc) is 3.28. The molecule has 2 N–H and O–H groups in total. The molecule has 2 amide bonds. The smallest absolute Gasteiger partial charge is 0.326 e. The molecule has 11 heteroatoms. The van der Waals surface area contributed by atoms with E-state index in [0.29, 0.717) is 18.3 Å². The molecule has 2 aromatic heterocycles. The van der Waals surface area contributed by atoms with Crippen molar-refractivity contribution in [2.45, 2.75) is 19.0 Å². The highest BCUT2D eigenvalue weighted by molar-refractivity contribution is 5.93. The Morgan fingerprint density at radius 2 is 1.81 bits per heavy atom. The van der Waals surface area contributed by atoms with Crippen molar-refractivity contribution in [3.8, 4) is 0 Å². The van der Waals surface area contributed by atoms with Gasteiger partial charge in [0.2, 0.25) is 5.95 Å². The summed E-state index contributed by atoms with van der Waals surface area (Å²) < 4.78 is 1.83. The fraction of sp³-hybridized carbons (Fsp3) is 0.440. The van der Waals surface area contributed by atoms with Gasteiger partial charge in [-0.1, -0.05) is 0 Å². The summed E-state index contributed by atoms with van der Waals surface area (Å²) in [5.74, 6) is 2.09. The summed E-state index contributed by atoms with van der Waals surface area (Å²) in [7, 11) is 5.85. The van der Waals surface area contributed by atoms with Crippen LogP contribution in [-0.4, -0.2) is 82.4 Å². The zero-order valence-electron chi connectivity index (χ0n) is 21.0. The number of piperazine rings is 1. The molecular formula is C25H32N10O. The lowest BCUT2D eigenvalue weighted by molar-refractivity contribution is 0.170. The molecule has 5 heterocycles. The van der Waals surface area contributed by atoms with Crippen molar-refractivity contribution in [3.05, 3.63) is 47.8 Å². The van der Waals surface area contributed by atoms with Gasteiger partial charge in [0.15, 0.2) is 0 Å². The minimum Gasteiger partial charge on any atom is -0.370 e. The van der Waals surface area contributed by atoms with Gasteiger partial charge in [0, 0.05) is 75.5 Å². The zero-order chi connectivity index (χ0) is 24.8. The van der Waals surface area contributed by atoms with E-state index in [0.717, 1.165) is 61.8 Å². The maximum Gasteiger partial charge on any atom is 0.326 e. The van der Waals surface area contributed by atoms with Gasteiger partial charge in [-0.3, -0.25) is 9.58 Å². The highest BCUT2D eigenvalue weighted by Gasteiger charge is 2.37. The lowest BCUT2D eigenvalue weighted by atomic mass is 10.00. The van der Waals surface area contributed by atoms with E-state index in [2.05, 4.69) is 61.8 Å². The summed E-state index contributed by atoms with van der Waals surface area (Å²) in [5.41, 5.74) is 4.11. The number of hydrogen-bond donors (Lipinski definition) is 2. The number of carbonyl (C=O) groups is 1. The van der Waals surface area contributed by atoms with Crippen LogP contribution in [0.25, 0.3) is 0 Å². The Bertz CT molecular complexity index is 1260. The molecule has 3 aliphatic heterocycles. The number of aryl methyl sites for hydroxylation is 1. The number of nitrogens with zero attached hydrogens (tertiary/aromatic N) is 8. The molecule has 1 atom stereocenters. The van der Waals surface area contributed by atoms with Crippen LogP contribution in [0.1, 0.15) is 23.6 Å². The predicted octanol–water partition coefficient (Wildman–Crippen LogP) is 2.63. The standard InChI is InChI=1S/C25H32N10O/c1-31-10-12-34(13-11-31)19-6-4-18(5-7-19)29-24-27-14-17-16-35(25(36)32(2)22(17)30-24)21-8-9-26-23-20(21)15-28-33(23)3/h4-7,14-15,21,26H,8-13,16H2,1-3H3,(H,27,29,30). The summed E-state index contributed by atoms with van der Waals surface area (Å²) in [6.07, 6.45) is 4.51. The summed E-state index contributed by atoms with van der Waals surface area (Å²) in [4.78, 5) is 30.9. The predicted molar refractivity (Wildman–Crippen MR) is 140 cm³/mol. The average molecular weight is 489 g/mol. The number of carbonyl (C=O) groups excluding carboxylic acids is 1. The van der Waals surface area contributed by atoms with E-state index < -0.39 is 0 Å². The van der Waals surface area contributed by atoms with Crippen LogP contribution >= 0.6 is 0 Å². The van der Waals surface area contributed by atoms with Crippen LogP contribution in [0, 0.1) is 0 Å². The Kier molecular flexibility index (Phi) is 5.63. The molecule has 6 rings (SSSR count). The van der Waals surface area contributed by atoms with Gasteiger partial charge in [-0.05, 0) is 37.7 Å². The van der Waals surface area contributed by atoms with Crippen LogP contribution in [0.5, 0.6) is 0 Å². The Morgan fingerprint density at radius 3 is 2.58 bits per heavy atom. The molecular weight excluding hydrogens is 456 g/mol. The number of nitrogens with one attached hydrogen (secondary N) is 2. The Hall–Kier alpha value is -3.86. The molecule has 36 heavy (non-hydrogen) atoms. The number of hydrogen-bond acceptors (Lipinski definition) is 8. The summed E-state index contributed by atoms with van der Waals surface area (Å²) in [5, 5.41) is 11.1. The largest absolute Gasteiger partial charge is 0.370 e. The molecule has 0 radical (unpaired) electrons. The van der Waals surface area contributed by atoms with E-state index in [1.807, 2.05) is 29.0 Å². The van der Waals surface area contributed by atoms with E-state index in [-0.39, 0.29) is 12.1 Å². The minimum atomic E-state index is -0.0645. The first-order valence-corrected chi connectivity index (χ1v) is 12.4. The number of likely N-dealkylation sites (N-methyl/N-ethyl adjacent to an activating group) is 1. The monoisotopic (exact) mass is 488 g/mol. The van der Waals surface area contributed by atoms with Gasteiger partial charge in [-0.25, -0.2) is 9.78 Å². The van der Waals surface area contributed by atoms with Crippen molar-refractivity contribution >= 4 is 35.0 Å². The summed E-state index contributed by atoms with van der Waals surface area (Å²) in [6, 6.07) is 8.27. The molecule has 1 fully saturated rings. The van der Waals surface area contributed by atoms with Crippen molar-refractivity contribution in [2.24, 2.45) is 7.05 Å². The van der Waals surface area contributed by atoms with Crippen LogP contribution in [0.3, 0.4) is 0 Å². The van der Waals surface area contributed by atoms with E-state index in [9.17, 15) is 4.79 Å². The van der Waals surface area contributed by atoms with Crippen molar-refractivity contribution in [3.63, 3.8) is 0 Å². The van der Waals surface area contributed by atoms with Crippen LogP contribution < -0.4 is 20.4 Å². The first-order chi connectivity index (χ1) is 17.5. The van der Waals surface area contributed by atoms with Gasteiger partial charge in [0.1, 0.15) is 11.6 Å². The van der Waals surface area contributed by atoms with E-state index in [1.165, 1.54) is 5.69 Å². The zero-order valence-corrected chi connectivity index (χ0v) is 21.0. The summed E-state index contributed by atoms with van der Waals surface area (Å²) >= 11 is 0. The van der Waals surface area contributed by atoms with Gasteiger partial charge in [-0.2, -0.15) is 10.1 Å². The highest BCUT2D eigenvalue weighted by Crippen LogP contribution is 2.38. The van der Waals surface area contributed by atoms with Crippen molar-refractivity contribution < 1.29 is 4.79 Å². The van der Waals surface area contributed by atoms with Crippen LogP contribution in [0.15, 0.2) is 36.7 Å². The fourth-order valence-electron chi connectivity index (χ4n) is 5.31. The maximum atomic E-state index is 13.4. The van der Waals surface area contributed by atoms with Gasteiger partial charge in [0.05, 0.1) is 18.8 Å². The van der Waals surface area contributed by atoms with Gasteiger partial charge < -0.3 is 25.3 Å². The second-order valence-corrected chi connectivity index (χ2v) is 9.78. The van der Waals surface area contributed by atoms with E-state index >= 15 is 0 Å². The Morgan fingerprint density at radius 1 is 1.03 bits per heavy atom. The van der Waals surface area contributed by atoms with Crippen LogP contribution in [0.2, 0.25) is 0 Å². The van der Waals surface area contributed by atoms with Crippen LogP contribution in [-0.2, 0) is 13.6 Å². The van der Waals surface area contributed by atoms with Crippen molar-refractivity contribution in [1.29, 1.82) is 0 Å². The molecule has 0 saturated carbocycles. The number of urea groups is 1. The van der Waals surface area contributed by atoms with E-state index in [1.54, 1.807) is 11.9 Å². The Labute approximate surface area is 210 Å². The maximum absolute atomic E-state index is 13.4. The molecule has 1 aromatic carbocycles. The first kappa shape index (κ1) is 22.6. The lowest BCUT2D eigenvalue weighted by Crippen LogP contribution is -2.48. The van der Waals surface area contributed by atoms with Gasteiger partial charge in [0.25, 0.3) is 0 Å². The summed E-state index contributed by atoms with van der Waals surface area (Å²) in [6.45, 7) is 5.49. The molecule has 1 unspecified atom stereocenters. The van der Waals surface area contributed by atoms with Crippen molar-refractivity contribution in [2.75, 3.05) is 67.3 Å². The number of anilines is 5. The molecule has 0 spiro atoms. The third-order valence-corrected chi connectivity index (χ3v) is 7.44. The molecule has 11 nitrogen and oxygen atoms in total. The molecule has 3 aromatic rings. The number of benzene rings is 1. The van der Waals surface area contributed by atoms with Crippen molar-refractivity contribution in [1.82, 2.24) is 29.5 Å². The number of fused-ring (bicyclic) bond motifs is 2. The third-order valence-electron chi connectivity index (χ3n) is 7.44. The molecule has 0 bridgehead atoms.